The minimum absolute atomic E-state index is 0.233. The standard InChI is InChI=1S/C24H26O3/c1-17-16-20(9-14-23(17)27)24(2,19-7-12-22(26)13-8-19)15-3-4-18-5-10-21(25)11-6-18/h5-14,16,25-27H,3-4,15H2,1-2H3. The van der Waals surface area contributed by atoms with E-state index in [0.29, 0.717) is 5.75 Å². The Labute approximate surface area is 160 Å². The Bertz CT molecular complexity index is 898. The smallest absolute Gasteiger partial charge is 0.118 e. The molecule has 0 aliphatic heterocycles. The van der Waals surface area contributed by atoms with Gasteiger partial charge < -0.3 is 15.3 Å². The summed E-state index contributed by atoms with van der Waals surface area (Å²) in [5.41, 5.74) is 4.10. The molecule has 0 radical (unpaired) electrons. The van der Waals surface area contributed by atoms with Crippen LogP contribution in [0.1, 0.15) is 42.0 Å². The lowest BCUT2D eigenvalue weighted by molar-refractivity contribution is 0.464. The zero-order valence-corrected chi connectivity index (χ0v) is 15.8. The topological polar surface area (TPSA) is 60.7 Å². The summed E-state index contributed by atoms with van der Waals surface area (Å²) >= 11 is 0. The normalized spacial score (nSPS) is 13.3. The van der Waals surface area contributed by atoms with E-state index in [1.807, 2.05) is 43.3 Å². The van der Waals surface area contributed by atoms with E-state index in [0.717, 1.165) is 36.0 Å². The fraction of sp³-hybridized carbons (Fsp3) is 0.250. The minimum atomic E-state index is -0.233. The summed E-state index contributed by atoms with van der Waals surface area (Å²) < 4.78 is 0. The van der Waals surface area contributed by atoms with Crippen LogP contribution in [0, 0.1) is 6.92 Å². The highest BCUT2D eigenvalue weighted by molar-refractivity contribution is 5.45. The molecule has 0 aliphatic rings. The van der Waals surface area contributed by atoms with E-state index < -0.39 is 0 Å². The predicted molar refractivity (Wildman–Crippen MR) is 108 cm³/mol. The summed E-state index contributed by atoms with van der Waals surface area (Å²) in [4.78, 5) is 0. The minimum Gasteiger partial charge on any atom is -0.508 e. The predicted octanol–water partition coefficient (Wildman–Crippen LogP) is 5.44. The van der Waals surface area contributed by atoms with E-state index in [4.69, 9.17) is 0 Å². The van der Waals surface area contributed by atoms with E-state index in [-0.39, 0.29) is 16.9 Å². The number of benzene rings is 3. The molecular weight excluding hydrogens is 336 g/mol. The van der Waals surface area contributed by atoms with Crippen molar-refractivity contribution in [1.29, 1.82) is 0 Å². The van der Waals surface area contributed by atoms with Crippen LogP contribution in [0.2, 0.25) is 0 Å². The highest BCUT2D eigenvalue weighted by atomic mass is 16.3. The fourth-order valence-electron chi connectivity index (χ4n) is 3.59. The Kier molecular flexibility index (Phi) is 5.41. The van der Waals surface area contributed by atoms with E-state index in [1.165, 1.54) is 5.56 Å². The molecule has 3 N–H and O–H groups in total. The second-order valence-electron chi connectivity index (χ2n) is 7.40. The zero-order valence-electron chi connectivity index (χ0n) is 15.8. The van der Waals surface area contributed by atoms with Gasteiger partial charge >= 0.3 is 0 Å². The van der Waals surface area contributed by atoms with Crippen LogP contribution in [-0.4, -0.2) is 15.3 Å². The summed E-state index contributed by atoms with van der Waals surface area (Å²) in [6.45, 7) is 4.12. The van der Waals surface area contributed by atoms with Gasteiger partial charge in [0.15, 0.2) is 0 Å². The number of aromatic hydroxyl groups is 3. The van der Waals surface area contributed by atoms with Gasteiger partial charge in [-0.05, 0) is 78.8 Å². The molecule has 3 aromatic rings. The second kappa shape index (κ2) is 7.75. The summed E-state index contributed by atoms with van der Waals surface area (Å²) in [7, 11) is 0. The van der Waals surface area contributed by atoms with Crippen molar-refractivity contribution in [2.75, 3.05) is 0 Å². The Hall–Kier alpha value is -2.94. The number of phenolic OH excluding ortho intramolecular Hbond substituents is 3. The lowest BCUT2D eigenvalue weighted by atomic mass is 9.72. The van der Waals surface area contributed by atoms with Crippen LogP contribution >= 0.6 is 0 Å². The van der Waals surface area contributed by atoms with Gasteiger partial charge in [0, 0.05) is 5.41 Å². The van der Waals surface area contributed by atoms with Gasteiger partial charge in [0.2, 0.25) is 0 Å². The van der Waals surface area contributed by atoms with Crippen molar-refractivity contribution in [3.63, 3.8) is 0 Å². The van der Waals surface area contributed by atoms with Gasteiger partial charge in [-0.15, -0.1) is 0 Å². The van der Waals surface area contributed by atoms with Crippen molar-refractivity contribution in [2.45, 2.75) is 38.5 Å². The van der Waals surface area contributed by atoms with Crippen LogP contribution in [0.3, 0.4) is 0 Å². The van der Waals surface area contributed by atoms with E-state index in [2.05, 4.69) is 6.92 Å². The molecule has 0 saturated carbocycles. The molecule has 27 heavy (non-hydrogen) atoms. The third-order valence-corrected chi connectivity index (χ3v) is 5.42. The quantitative estimate of drug-likeness (QED) is 0.547. The first-order chi connectivity index (χ1) is 12.9. The Balaban J connectivity index is 1.88. The highest BCUT2D eigenvalue weighted by Gasteiger charge is 2.29. The molecule has 0 spiro atoms. The molecule has 1 unspecified atom stereocenters. The maximum atomic E-state index is 9.91. The highest BCUT2D eigenvalue weighted by Crippen LogP contribution is 2.39. The largest absolute Gasteiger partial charge is 0.508 e. The summed E-state index contributed by atoms with van der Waals surface area (Å²) in [5, 5.41) is 29.0. The number of rotatable bonds is 6. The van der Waals surface area contributed by atoms with Crippen LogP contribution in [0.25, 0.3) is 0 Å². The maximum Gasteiger partial charge on any atom is 0.118 e. The van der Waals surface area contributed by atoms with Gasteiger partial charge in [0.1, 0.15) is 17.2 Å². The molecule has 0 amide bonds. The van der Waals surface area contributed by atoms with E-state index in [9.17, 15) is 15.3 Å². The fourth-order valence-corrected chi connectivity index (χ4v) is 3.59. The van der Waals surface area contributed by atoms with Crippen LogP contribution in [0.5, 0.6) is 17.2 Å². The molecule has 0 bridgehead atoms. The number of hydrogen-bond donors (Lipinski definition) is 3. The molecule has 140 valence electrons. The average molecular weight is 362 g/mol. The van der Waals surface area contributed by atoms with Crippen LogP contribution in [-0.2, 0) is 11.8 Å². The first kappa shape index (κ1) is 18.8. The maximum absolute atomic E-state index is 9.91. The molecule has 0 aliphatic carbocycles. The van der Waals surface area contributed by atoms with Crippen molar-refractivity contribution >= 4 is 0 Å². The average Bonchev–Trinajstić information content (AvgIpc) is 2.66. The van der Waals surface area contributed by atoms with Gasteiger partial charge in [0.25, 0.3) is 0 Å². The first-order valence-electron chi connectivity index (χ1n) is 9.26. The Morgan fingerprint density at radius 3 is 1.89 bits per heavy atom. The molecule has 3 rings (SSSR count). The first-order valence-corrected chi connectivity index (χ1v) is 9.26. The number of hydrogen-bond acceptors (Lipinski definition) is 3. The summed E-state index contributed by atoms with van der Waals surface area (Å²) in [5.74, 6) is 0.843. The molecule has 3 nitrogen and oxygen atoms in total. The van der Waals surface area contributed by atoms with Crippen molar-refractivity contribution in [2.24, 2.45) is 0 Å². The van der Waals surface area contributed by atoms with E-state index >= 15 is 0 Å². The monoisotopic (exact) mass is 362 g/mol. The van der Waals surface area contributed by atoms with Crippen molar-refractivity contribution < 1.29 is 15.3 Å². The van der Waals surface area contributed by atoms with E-state index in [1.54, 1.807) is 30.3 Å². The molecule has 3 heteroatoms. The van der Waals surface area contributed by atoms with Gasteiger partial charge in [-0.1, -0.05) is 43.3 Å². The van der Waals surface area contributed by atoms with Crippen LogP contribution in [0.15, 0.2) is 66.7 Å². The summed E-state index contributed by atoms with van der Waals surface area (Å²) in [6.07, 6.45) is 2.82. The second-order valence-corrected chi connectivity index (χ2v) is 7.40. The Morgan fingerprint density at radius 2 is 1.30 bits per heavy atom. The summed E-state index contributed by atoms with van der Waals surface area (Å²) in [6, 6.07) is 20.5. The van der Waals surface area contributed by atoms with Crippen molar-refractivity contribution in [3.8, 4) is 17.2 Å². The molecule has 3 aromatic carbocycles. The molecular formula is C24H26O3. The SMILES string of the molecule is Cc1cc(C(C)(CCCc2ccc(O)cc2)c2ccc(O)cc2)ccc1O. The molecule has 0 fully saturated rings. The van der Waals surface area contributed by atoms with Crippen molar-refractivity contribution in [3.05, 3.63) is 89.0 Å². The van der Waals surface area contributed by atoms with Crippen molar-refractivity contribution in [1.82, 2.24) is 0 Å². The third kappa shape index (κ3) is 4.25. The van der Waals surface area contributed by atoms with Gasteiger partial charge in [-0.3, -0.25) is 0 Å². The lowest BCUT2D eigenvalue weighted by Gasteiger charge is -2.32. The molecule has 0 aromatic heterocycles. The molecule has 0 heterocycles. The third-order valence-electron chi connectivity index (χ3n) is 5.42. The van der Waals surface area contributed by atoms with Crippen LogP contribution < -0.4 is 0 Å². The molecule has 1 atom stereocenters. The van der Waals surface area contributed by atoms with Gasteiger partial charge in [-0.25, -0.2) is 0 Å². The Morgan fingerprint density at radius 1 is 0.741 bits per heavy atom. The number of phenols is 3. The van der Waals surface area contributed by atoms with Gasteiger partial charge in [-0.2, -0.15) is 0 Å². The van der Waals surface area contributed by atoms with Crippen LogP contribution in [0.4, 0.5) is 0 Å². The number of aryl methyl sites for hydroxylation is 2. The van der Waals surface area contributed by atoms with Gasteiger partial charge in [0.05, 0.1) is 0 Å². The zero-order chi connectivity index (χ0) is 19.4. The lowest BCUT2D eigenvalue weighted by Crippen LogP contribution is -2.24. The molecule has 0 saturated heterocycles.